The van der Waals surface area contributed by atoms with Crippen LogP contribution in [0.4, 0.5) is 5.69 Å². The molecule has 0 aliphatic rings. The second kappa shape index (κ2) is 15.1. The highest BCUT2D eigenvalue weighted by atomic mass is 16.5. The van der Waals surface area contributed by atoms with Gasteiger partial charge in [0.2, 0.25) is 0 Å². The molecule has 0 saturated carbocycles. The number of amides is 1. The Morgan fingerprint density at radius 3 is 1.70 bits per heavy atom. The molecule has 1 N–H and O–H groups in total. The van der Waals surface area contributed by atoms with Crippen LogP contribution in [0.25, 0.3) is 44.1 Å². The van der Waals surface area contributed by atoms with Crippen molar-refractivity contribution in [2.75, 3.05) is 32.3 Å². The first-order valence-electron chi connectivity index (χ1n) is 17.8. The smallest absolute Gasteiger partial charge is 0.258 e. The van der Waals surface area contributed by atoms with Crippen LogP contribution in [0, 0.1) is 0 Å². The number of hydrogen-bond acceptors (Lipinski definition) is 6. The summed E-state index contributed by atoms with van der Waals surface area (Å²) in [6.45, 7) is 1.15. The third-order valence-corrected chi connectivity index (χ3v) is 9.61. The highest BCUT2D eigenvalue weighted by Gasteiger charge is 2.20. The van der Waals surface area contributed by atoms with E-state index in [-0.39, 0.29) is 19.1 Å². The molecule has 8 aromatic rings. The molecule has 0 spiro atoms. The van der Waals surface area contributed by atoms with E-state index < -0.39 is 0 Å². The summed E-state index contributed by atoms with van der Waals surface area (Å²) in [5, 5.41) is 21.8. The summed E-state index contributed by atoms with van der Waals surface area (Å²) in [4.78, 5) is 15.9. The van der Waals surface area contributed by atoms with Gasteiger partial charge >= 0.3 is 0 Å². The van der Waals surface area contributed by atoms with Gasteiger partial charge in [-0.15, -0.1) is 0 Å². The van der Waals surface area contributed by atoms with Crippen molar-refractivity contribution in [3.8, 4) is 33.8 Å². The Labute approximate surface area is 313 Å². The van der Waals surface area contributed by atoms with Crippen molar-refractivity contribution in [2.24, 2.45) is 0 Å². The summed E-state index contributed by atoms with van der Waals surface area (Å²) < 4.78 is 14.7. The fraction of sp³-hybridized carbons (Fsp3) is 0.133. The highest BCUT2D eigenvalue weighted by molar-refractivity contribution is 6.08. The van der Waals surface area contributed by atoms with Gasteiger partial charge in [0, 0.05) is 41.0 Å². The average molecular weight is 714 g/mol. The van der Waals surface area contributed by atoms with Gasteiger partial charge in [0.25, 0.3) is 5.91 Å². The standard InChI is InChI=1S/C45H39N5O4/c1-53-37-15-3-9-31(23-37)27-48-29-41-39(17-7-19-43(41)46-48)33-11-5-13-35(25-33)45(52)50(21-22-51)36-14-6-12-34(26-36)40-18-8-20-44-42(40)30-49(47-44)28-32-10-4-16-38(24-32)54-2/h3-20,23-26,29-30,51H,21-22,27-28H2,1-2H3. The monoisotopic (exact) mass is 713 g/mol. The molecule has 0 radical (unpaired) electrons. The van der Waals surface area contributed by atoms with E-state index in [1.807, 2.05) is 125 Å². The minimum absolute atomic E-state index is 0.141. The number of rotatable bonds is 12. The molecule has 9 nitrogen and oxygen atoms in total. The van der Waals surface area contributed by atoms with Crippen LogP contribution in [0.15, 0.2) is 146 Å². The molecule has 8 rings (SSSR count). The number of carbonyl (C=O) groups excluding carboxylic acids is 1. The lowest BCUT2D eigenvalue weighted by atomic mass is 9.99. The predicted octanol–water partition coefficient (Wildman–Crippen LogP) is 8.47. The van der Waals surface area contributed by atoms with Gasteiger partial charge in [0.1, 0.15) is 11.5 Å². The van der Waals surface area contributed by atoms with Crippen LogP contribution >= 0.6 is 0 Å². The number of methoxy groups -OCH3 is 2. The van der Waals surface area contributed by atoms with Gasteiger partial charge in [-0.3, -0.25) is 14.2 Å². The van der Waals surface area contributed by atoms with Gasteiger partial charge in [-0.05, 0) is 94.0 Å². The second-order valence-electron chi connectivity index (χ2n) is 13.1. The van der Waals surface area contributed by atoms with E-state index >= 15 is 0 Å². The van der Waals surface area contributed by atoms with Crippen LogP contribution in [0.1, 0.15) is 21.5 Å². The van der Waals surface area contributed by atoms with Crippen LogP contribution in [0.3, 0.4) is 0 Å². The number of nitrogens with zero attached hydrogens (tertiary/aromatic N) is 5. The Balaban J connectivity index is 1.08. The van der Waals surface area contributed by atoms with Gasteiger partial charge in [0.15, 0.2) is 0 Å². The number of anilines is 1. The van der Waals surface area contributed by atoms with Crippen LogP contribution < -0.4 is 14.4 Å². The molecule has 1 amide bonds. The third kappa shape index (κ3) is 7.05. The van der Waals surface area contributed by atoms with Crippen LogP contribution in [0.2, 0.25) is 0 Å². The van der Waals surface area contributed by atoms with Crippen molar-refractivity contribution in [3.63, 3.8) is 0 Å². The Kier molecular flexibility index (Phi) is 9.62. The van der Waals surface area contributed by atoms with E-state index in [1.54, 1.807) is 19.1 Å². The molecule has 268 valence electrons. The maximum atomic E-state index is 14.3. The number of carbonyl (C=O) groups is 1. The number of benzene rings is 6. The van der Waals surface area contributed by atoms with Gasteiger partial charge in [0.05, 0.1) is 44.9 Å². The highest BCUT2D eigenvalue weighted by Crippen LogP contribution is 2.33. The summed E-state index contributed by atoms with van der Waals surface area (Å²) >= 11 is 0. The zero-order valence-corrected chi connectivity index (χ0v) is 30.1. The molecule has 0 saturated heterocycles. The number of aliphatic hydroxyl groups is 1. The topological polar surface area (TPSA) is 94.6 Å². The molecule has 2 heterocycles. The van der Waals surface area contributed by atoms with Crippen LogP contribution in [0.5, 0.6) is 11.5 Å². The Morgan fingerprint density at radius 2 is 1.15 bits per heavy atom. The van der Waals surface area contributed by atoms with Gasteiger partial charge < -0.3 is 19.5 Å². The van der Waals surface area contributed by atoms with Crippen molar-refractivity contribution < 1.29 is 19.4 Å². The number of aliphatic hydroxyl groups excluding tert-OH is 1. The number of ether oxygens (including phenoxy) is 2. The molecule has 54 heavy (non-hydrogen) atoms. The van der Waals surface area contributed by atoms with E-state index in [2.05, 4.69) is 30.5 Å². The quantitative estimate of drug-likeness (QED) is 0.137. The minimum Gasteiger partial charge on any atom is -0.497 e. The van der Waals surface area contributed by atoms with Crippen LogP contribution in [-0.4, -0.2) is 57.9 Å². The number of hydrogen-bond donors (Lipinski definition) is 1. The summed E-state index contributed by atoms with van der Waals surface area (Å²) in [6.07, 6.45) is 4.10. The van der Waals surface area contributed by atoms with E-state index in [9.17, 15) is 9.90 Å². The van der Waals surface area contributed by atoms with E-state index in [0.717, 1.165) is 66.7 Å². The van der Waals surface area contributed by atoms with E-state index in [1.165, 1.54) is 0 Å². The molecule has 6 aromatic carbocycles. The first-order valence-corrected chi connectivity index (χ1v) is 17.8. The van der Waals surface area contributed by atoms with Gasteiger partial charge in [-0.2, -0.15) is 10.2 Å². The number of fused-ring (bicyclic) bond motifs is 2. The number of aromatic nitrogens is 4. The third-order valence-electron chi connectivity index (χ3n) is 9.61. The Morgan fingerprint density at radius 1 is 0.630 bits per heavy atom. The van der Waals surface area contributed by atoms with Crippen molar-refractivity contribution in [1.29, 1.82) is 0 Å². The Hall–Kier alpha value is -6.71. The largest absolute Gasteiger partial charge is 0.497 e. The first kappa shape index (κ1) is 34.4. The lowest BCUT2D eigenvalue weighted by Crippen LogP contribution is -2.33. The average Bonchev–Trinajstić information content (AvgIpc) is 3.83. The maximum absolute atomic E-state index is 14.3. The molecule has 2 aromatic heterocycles. The van der Waals surface area contributed by atoms with Crippen LogP contribution in [-0.2, 0) is 13.1 Å². The molecule has 0 fully saturated rings. The maximum Gasteiger partial charge on any atom is 0.258 e. The van der Waals surface area contributed by atoms with E-state index in [4.69, 9.17) is 19.7 Å². The second-order valence-corrected chi connectivity index (χ2v) is 13.1. The minimum atomic E-state index is -0.201. The Bertz CT molecular complexity index is 2610. The first-order chi connectivity index (χ1) is 26.5. The molecule has 0 atom stereocenters. The van der Waals surface area contributed by atoms with Crippen molar-refractivity contribution in [2.45, 2.75) is 13.1 Å². The van der Waals surface area contributed by atoms with E-state index in [0.29, 0.717) is 24.3 Å². The molecular weight excluding hydrogens is 675 g/mol. The molecule has 0 aliphatic carbocycles. The molecule has 0 bridgehead atoms. The molecule has 0 unspecified atom stereocenters. The summed E-state index contributed by atoms with van der Waals surface area (Å²) in [5.41, 5.74) is 8.97. The van der Waals surface area contributed by atoms with Crippen molar-refractivity contribution in [1.82, 2.24) is 19.6 Å². The normalized spacial score (nSPS) is 11.2. The van der Waals surface area contributed by atoms with Gasteiger partial charge in [-0.25, -0.2) is 0 Å². The molecule has 0 aliphatic heterocycles. The fourth-order valence-corrected chi connectivity index (χ4v) is 7.03. The fourth-order valence-electron chi connectivity index (χ4n) is 7.03. The summed E-state index contributed by atoms with van der Waals surface area (Å²) in [6, 6.07) is 43.6. The SMILES string of the molecule is COc1cccc(Cn2cc3c(-c4cccc(C(=O)N(CCO)c5cccc(-c6cccc7nn(Cc8cccc(OC)c8)cc67)c5)c4)cccc3n2)c1. The van der Waals surface area contributed by atoms with Crippen molar-refractivity contribution >= 4 is 33.4 Å². The lowest BCUT2D eigenvalue weighted by Gasteiger charge is -2.23. The zero-order chi connectivity index (χ0) is 37.0. The summed E-state index contributed by atoms with van der Waals surface area (Å²) in [7, 11) is 3.33. The van der Waals surface area contributed by atoms with Gasteiger partial charge in [-0.1, -0.05) is 72.8 Å². The zero-order valence-electron chi connectivity index (χ0n) is 30.1. The summed E-state index contributed by atoms with van der Waals surface area (Å²) in [5.74, 6) is 1.41. The van der Waals surface area contributed by atoms with Crippen molar-refractivity contribution in [3.05, 3.63) is 163 Å². The molecule has 9 heteroatoms. The predicted molar refractivity (Wildman–Crippen MR) is 213 cm³/mol. The molecular formula is C45H39N5O4. The lowest BCUT2D eigenvalue weighted by molar-refractivity contribution is 0.0981.